The second kappa shape index (κ2) is 4.64. The van der Waals surface area contributed by atoms with Gasteiger partial charge in [-0.25, -0.2) is 0 Å². The van der Waals surface area contributed by atoms with Gasteiger partial charge in [-0.15, -0.1) is 0 Å². The summed E-state index contributed by atoms with van der Waals surface area (Å²) >= 11 is 0. The van der Waals surface area contributed by atoms with Crippen LogP contribution in [0.4, 0.5) is 11.4 Å². The van der Waals surface area contributed by atoms with E-state index < -0.39 is 10.9 Å². The molecule has 18 heavy (non-hydrogen) atoms. The van der Waals surface area contributed by atoms with Crippen LogP contribution in [0.25, 0.3) is 0 Å². The first-order valence-corrected chi connectivity index (χ1v) is 5.71. The van der Waals surface area contributed by atoms with Crippen molar-refractivity contribution in [3.63, 3.8) is 0 Å². The molecule has 1 aliphatic heterocycles. The van der Waals surface area contributed by atoms with E-state index in [0.29, 0.717) is 13.1 Å². The van der Waals surface area contributed by atoms with E-state index in [1.807, 2.05) is 11.8 Å². The minimum atomic E-state index is -0.785. The molecule has 1 heterocycles. The molecule has 1 saturated heterocycles. The summed E-state index contributed by atoms with van der Waals surface area (Å²) in [6.45, 7) is 3.02. The smallest absolute Gasteiger partial charge is 0.308 e. The molecule has 1 fully saturated rings. The van der Waals surface area contributed by atoms with Gasteiger partial charge in [-0.1, -0.05) is 6.92 Å². The first kappa shape index (κ1) is 12.3. The summed E-state index contributed by atoms with van der Waals surface area (Å²) in [6.07, 6.45) is 0. The van der Waals surface area contributed by atoms with Crippen LogP contribution in [-0.4, -0.2) is 29.1 Å². The number of non-ortho nitro benzene ring substituents is 1. The molecule has 96 valence electrons. The van der Waals surface area contributed by atoms with E-state index in [2.05, 4.69) is 0 Å². The van der Waals surface area contributed by atoms with Gasteiger partial charge in [-0.3, -0.25) is 14.9 Å². The van der Waals surface area contributed by atoms with Gasteiger partial charge >= 0.3 is 5.97 Å². The van der Waals surface area contributed by atoms with Crippen molar-refractivity contribution in [2.75, 3.05) is 18.0 Å². The molecule has 1 aromatic rings. The van der Waals surface area contributed by atoms with E-state index in [0.717, 1.165) is 5.69 Å². The summed E-state index contributed by atoms with van der Waals surface area (Å²) in [5.74, 6) is -1.08. The number of aliphatic carboxylic acids is 1. The Labute approximate surface area is 104 Å². The predicted octanol–water partition coefficient (Wildman–Crippen LogP) is 1.75. The minimum absolute atomic E-state index is 0.0424. The van der Waals surface area contributed by atoms with Crippen molar-refractivity contribution in [3.05, 3.63) is 34.4 Å². The summed E-state index contributed by atoms with van der Waals surface area (Å²) in [6, 6.07) is 6.20. The van der Waals surface area contributed by atoms with Crippen molar-refractivity contribution < 1.29 is 14.8 Å². The van der Waals surface area contributed by atoms with Gasteiger partial charge in [-0.05, 0) is 18.1 Å². The number of hydrogen-bond donors (Lipinski definition) is 1. The predicted molar refractivity (Wildman–Crippen MR) is 65.6 cm³/mol. The maximum absolute atomic E-state index is 11.0. The number of anilines is 1. The quantitative estimate of drug-likeness (QED) is 0.652. The summed E-state index contributed by atoms with van der Waals surface area (Å²) in [7, 11) is 0. The molecule has 6 heteroatoms. The van der Waals surface area contributed by atoms with Crippen LogP contribution in [0.5, 0.6) is 0 Å². The van der Waals surface area contributed by atoms with Gasteiger partial charge in [0.2, 0.25) is 0 Å². The number of benzene rings is 1. The highest BCUT2D eigenvalue weighted by molar-refractivity contribution is 5.72. The van der Waals surface area contributed by atoms with Gasteiger partial charge in [0.15, 0.2) is 0 Å². The molecule has 0 aromatic heterocycles. The second-order valence-corrected chi connectivity index (χ2v) is 4.60. The molecule has 0 bridgehead atoms. The van der Waals surface area contributed by atoms with Crippen LogP contribution >= 0.6 is 0 Å². The van der Waals surface area contributed by atoms with Crippen molar-refractivity contribution in [1.82, 2.24) is 0 Å². The largest absolute Gasteiger partial charge is 0.481 e. The molecule has 0 aliphatic carbocycles. The number of nitro groups is 1. The standard InChI is InChI=1S/C12H14N2O4/c1-8-6-13(7-11(8)12(15)16)9-2-4-10(5-3-9)14(17)18/h2-5,8,11H,6-7H2,1H3,(H,15,16)/t8-,11-/m1/s1. The van der Waals surface area contributed by atoms with Crippen molar-refractivity contribution in [1.29, 1.82) is 0 Å². The molecule has 1 N–H and O–H groups in total. The van der Waals surface area contributed by atoms with E-state index in [-0.39, 0.29) is 17.5 Å². The Bertz CT molecular complexity index is 471. The van der Waals surface area contributed by atoms with Crippen LogP contribution in [0.3, 0.4) is 0 Å². The molecule has 0 unspecified atom stereocenters. The zero-order chi connectivity index (χ0) is 13.3. The van der Waals surface area contributed by atoms with Crippen molar-refractivity contribution >= 4 is 17.3 Å². The summed E-state index contributed by atoms with van der Waals surface area (Å²) < 4.78 is 0. The van der Waals surface area contributed by atoms with E-state index in [4.69, 9.17) is 5.11 Å². The lowest BCUT2D eigenvalue weighted by molar-refractivity contribution is -0.384. The maximum atomic E-state index is 11.0. The first-order valence-electron chi connectivity index (χ1n) is 5.71. The molecule has 6 nitrogen and oxygen atoms in total. The monoisotopic (exact) mass is 250 g/mol. The number of carboxylic acid groups (broad SMARTS) is 1. The summed E-state index contributed by atoms with van der Waals surface area (Å²) in [5, 5.41) is 19.6. The fraction of sp³-hybridized carbons (Fsp3) is 0.417. The number of hydrogen-bond acceptors (Lipinski definition) is 4. The summed E-state index contributed by atoms with van der Waals surface area (Å²) in [4.78, 5) is 23.1. The molecular weight excluding hydrogens is 236 g/mol. The molecule has 0 radical (unpaired) electrons. The zero-order valence-corrected chi connectivity index (χ0v) is 9.94. The number of carbonyl (C=O) groups is 1. The lowest BCUT2D eigenvalue weighted by Gasteiger charge is -2.17. The van der Waals surface area contributed by atoms with Gasteiger partial charge in [0.1, 0.15) is 0 Å². The third kappa shape index (κ3) is 2.27. The lowest BCUT2D eigenvalue weighted by Crippen LogP contribution is -2.22. The Morgan fingerprint density at radius 1 is 1.39 bits per heavy atom. The molecule has 1 aromatic carbocycles. The Kier molecular flexibility index (Phi) is 3.18. The van der Waals surface area contributed by atoms with Crippen LogP contribution in [0.2, 0.25) is 0 Å². The van der Waals surface area contributed by atoms with Gasteiger partial charge in [0.05, 0.1) is 10.8 Å². The number of nitro benzene ring substituents is 1. The Morgan fingerprint density at radius 2 is 2.00 bits per heavy atom. The third-order valence-corrected chi connectivity index (χ3v) is 3.36. The highest BCUT2D eigenvalue weighted by Crippen LogP contribution is 2.29. The van der Waals surface area contributed by atoms with Crippen LogP contribution in [0, 0.1) is 22.0 Å². The SMILES string of the molecule is C[C@@H]1CN(c2ccc([N+](=O)[O-])cc2)C[C@H]1C(=O)O. The zero-order valence-electron chi connectivity index (χ0n) is 9.94. The van der Waals surface area contributed by atoms with Crippen LogP contribution in [0.1, 0.15) is 6.92 Å². The maximum Gasteiger partial charge on any atom is 0.308 e. The number of rotatable bonds is 3. The van der Waals surface area contributed by atoms with Crippen LogP contribution < -0.4 is 4.90 Å². The Morgan fingerprint density at radius 3 is 2.44 bits per heavy atom. The number of nitrogens with zero attached hydrogens (tertiary/aromatic N) is 2. The van der Waals surface area contributed by atoms with E-state index in [9.17, 15) is 14.9 Å². The topological polar surface area (TPSA) is 83.7 Å². The van der Waals surface area contributed by atoms with E-state index in [1.165, 1.54) is 12.1 Å². The average Bonchev–Trinajstić information content (AvgIpc) is 2.71. The normalized spacial score (nSPS) is 23.1. The summed E-state index contributed by atoms with van der Waals surface area (Å²) in [5.41, 5.74) is 0.872. The van der Waals surface area contributed by atoms with Crippen molar-refractivity contribution in [3.8, 4) is 0 Å². The van der Waals surface area contributed by atoms with E-state index >= 15 is 0 Å². The van der Waals surface area contributed by atoms with Crippen LogP contribution in [0.15, 0.2) is 24.3 Å². The highest BCUT2D eigenvalue weighted by atomic mass is 16.6. The molecule has 1 aliphatic rings. The van der Waals surface area contributed by atoms with Crippen molar-refractivity contribution in [2.45, 2.75) is 6.92 Å². The number of carboxylic acids is 1. The molecule has 0 amide bonds. The van der Waals surface area contributed by atoms with Gasteiger partial charge in [0.25, 0.3) is 5.69 Å². The first-order chi connectivity index (χ1) is 8.49. The Balaban J connectivity index is 2.14. The fourth-order valence-corrected chi connectivity index (χ4v) is 2.28. The van der Waals surface area contributed by atoms with Gasteiger partial charge in [0, 0.05) is 30.9 Å². The lowest BCUT2D eigenvalue weighted by atomic mass is 9.99. The van der Waals surface area contributed by atoms with Gasteiger partial charge < -0.3 is 10.0 Å². The Hall–Kier alpha value is -2.11. The fourth-order valence-electron chi connectivity index (χ4n) is 2.28. The van der Waals surface area contributed by atoms with Crippen LogP contribution in [-0.2, 0) is 4.79 Å². The molecule has 2 rings (SSSR count). The van der Waals surface area contributed by atoms with Crippen molar-refractivity contribution in [2.24, 2.45) is 11.8 Å². The van der Waals surface area contributed by atoms with Gasteiger partial charge in [-0.2, -0.15) is 0 Å². The minimum Gasteiger partial charge on any atom is -0.481 e. The molecule has 2 atom stereocenters. The third-order valence-electron chi connectivity index (χ3n) is 3.36. The molecule has 0 spiro atoms. The molecule has 0 saturated carbocycles. The van der Waals surface area contributed by atoms with E-state index in [1.54, 1.807) is 12.1 Å². The molecular formula is C12H14N2O4. The second-order valence-electron chi connectivity index (χ2n) is 4.60. The highest BCUT2D eigenvalue weighted by Gasteiger charge is 2.34. The average molecular weight is 250 g/mol.